The van der Waals surface area contributed by atoms with Crippen LogP contribution in [0.3, 0.4) is 0 Å². The van der Waals surface area contributed by atoms with Gasteiger partial charge in [-0.05, 0) is 24.3 Å². The van der Waals surface area contributed by atoms with Gasteiger partial charge in [0.05, 0.1) is 10.6 Å². The summed E-state index contributed by atoms with van der Waals surface area (Å²) in [6.07, 6.45) is 0. The quantitative estimate of drug-likeness (QED) is 0.638. The third-order valence-corrected chi connectivity index (χ3v) is 4.55. The van der Waals surface area contributed by atoms with Crippen molar-refractivity contribution in [2.24, 2.45) is 5.14 Å². The van der Waals surface area contributed by atoms with Crippen LogP contribution in [0.25, 0.3) is 0 Å². The number of sulfonamides is 2. The Balaban J connectivity index is 2.67. The van der Waals surface area contributed by atoms with Crippen molar-refractivity contribution in [2.45, 2.75) is 11.8 Å². The Morgan fingerprint density at radius 2 is 1.68 bits per heavy atom. The molecule has 0 spiro atoms. The number of primary sulfonamides is 1. The molecule has 0 aliphatic carbocycles. The summed E-state index contributed by atoms with van der Waals surface area (Å²) in [6, 6.07) is 6.01. The third kappa shape index (κ3) is 5.55. The second-order valence-corrected chi connectivity index (χ2v) is 7.32. The van der Waals surface area contributed by atoms with Gasteiger partial charge >= 0.3 is 0 Å². The Labute approximate surface area is 113 Å². The van der Waals surface area contributed by atoms with Crippen molar-refractivity contribution in [1.29, 1.82) is 0 Å². The second-order valence-electron chi connectivity index (χ2n) is 3.82. The van der Waals surface area contributed by atoms with Crippen LogP contribution in [0.4, 0.5) is 5.69 Å². The monoisotopic (exact) mass is 307 g/mol. The van der Waals surface area contributed by atoms with Crippen LogP contribution in [-0.2, 0) is 20.0 Å². The van der Waals surface area contributed by atoms with Gasteiger partial charge in [-0.2, -0.15) is 0 Å². The Hall–Kier alpha value is -1.16. The van der Waals surface area contributed by atoms with Gasteiger partial charge in [0.2, 0.25) is 20.0 Å². The van der Waals surface area contributed by atoms with Crippen LogP contribution in [0, 0.1) is 0 Å². The molecule has 0 radical (unpaired) electrons. The van der Waals surface area contributed by atoms with Crippen molar-refractivity contribution in [3.05, 3.63) is 24.3 Å². The summed E-state index contributed by atoms with van der Waals surface area (Å²) in [6.45, 7) is 2.18. The maximum Gasteiger partial charge on any atom is 0.240 e. The predicted molar refractivity (Wildman–Crippen MR) is 73.8 cm³/mol. The zero-order valence-electron chi connectivity index (χ0n) is 10.5. The lowest BCUT2D eigenvalue weighted by molar-refractivity contribution is 0.584. The van der Waals surface area contributed by atoms with Gasteiger partial charge in [-0.1, -0.05) is 6.92 Å². The molecule has 9 heteroatoms. The standard InChI is InChI=1S/C10H17N3O4S2/c1-2-13-19(16,17)10-5-3-9(4-6-10)12-7-8-18(11,14)15/h3-6,12-13H,2,7-8H2,1H3,(H2,11,14,15). The highest BCUT2D eigenvalue weighted by Gasteiger charge is 2.11. The number of nitrogens with two attached hydrogens (primary N) is 1. The van der Waals surface area contributed by atoms with Crippen molar-refractivity contribution >= 4 is 25.7 Å². The lowest BCUT2D eigenvalue weighted by Crippen LogP contribution is -2.23. The largest absolute Gasteiger partial charge is 0.384 e. The first kappa shape index (κ1) is 15.9. The van der Waals surface area contributed by atoms with E-state index in [1.165, 1.54) is 12.1 Å². The smallest absolute Gasteiger partial charge is 0.240 e. The fourth-order valence-corrected chi connectivity index (χ4v) is 2.79. The van der Waals surface area contributed by atoms with E-state index in [0.29, 0.717) is 12.2 Å². The number of nitrogens with one attached hydrogen (secondary N) is 2. The molecule has 0 aliphatic heterocycles. The molecule has 0 bridgehead atoms. The summed E-state index contributed by atoms with van der Waals surface area (Å²) in [4.78, 5) is 0.159. The number of rotatable bonds is 7. The zero-order valence-corrected chi connectivity index (χ0v) is 12.1. The van der Waals surface area contributed by atoms with Crippen LogP contribution in [0.1, 0.15) is 6.92 Å². The molecule has 0 saturated heterocycles. The molecule has 0 fully saturated rings. The van der Waals surface area contributed by atoms with Crippen LogP contribution in [0.5, 0.6) is 0 Å². The first-order chi connectivity index (χ1) is 8.74. The van der Waals surface area contributed by atoms with Gasteiger partial charge in [0.25, 0.3) is 0 Å². The average molecular weight is 307 g/mol. The molecule has 7 nitrogen and oxygen atoms in total. The highest BCUT2D eigenvalue weighted by atomic mass is 32.2. The van der Waals surface area contributed by atoms with Crippen LogP contribution >= 0.6 is 0 Å². The fourth-order valence-electron chi connectivity index (χ4n) is 1.36. The molecule has 0 unspecified atom stereocenters. The Bertz CT molecular complexity index is 609. The van der Waals surface area contributed by atoms with E-state index in [1.54, 1.807) is 19.1 Å². The van der Waals surface area contributed by atoms with Gasteiger partial charge in [0.1, 0.15) is 0 Å². The molecule has 0 aliphatic rings. The van der Waals surface area contributed by atoms with E-state index in [4.69, 9.17) is 5.14 Å². The summed E-state index contributed by atoms with van der Waals surface area (Å²) in [5.74, 6) is -0.190. The van der Waals surface area contributed by atoms with Gasteiger partial charge in [0, 0.05) is 18.8 Å². The molecule has 1 aromatic carbocycles. The van der Waals surface area contributed by atoms with E-state index in [2.05, 4.69) is 10.0 Å². The molecule has 0 heterocycles. The van der Waals surface area contributed by atoms with Crippen molar-refractivity contribution in [2.75, 3.05) is 24.2 Å². The molecule has 0 aromatic heterocycles. The molecule has 1 rings (SSSR count). The maximum atomic E-state index is 11.7. The molecule has 4 N–H and O–H groups in total. The SMILES string of the molecule is CCNS(=O)(=O)c1ccc(NCCS(N)(=O)=O)cc1. The van der Waals surface area contributed by atoms with Crippen molar-refractivity contribution in [1.82, 2.24) is 4.72 Å². The lowest BCUT2D eigenvalue weighted by Gasteiger charge is -2.07. The van der Waals surface area contributed by atoms with Gasteiger partial charge in [-0.3, -0.25) is 0 Å². The van der Waals surface area contributed by atoms with Crippen molar-refractivity contribution in [3.8, 4) is 0 Å². The van der Waals surface area contributed by atoms with E-state index in [-0.39, 0.29) is 17.2 Å². The Morgan fingerprint density at radius 1 is 1.11 bits per heavy atom. The number of benzene rings is 1. The van der Waals surface area contributed by atoms with E-state index >= 15 is 0 Å². The van der Waals surface area contributed by atoms with E-state index in [0.717, 1.165) is 0 Å². The van der Waals surface area contributed by atoms with Crippen molar-refractivity contribution in [3.63, 3.8) is 0 Å². The van der Waals surface area contributed by atoms with E-state index < -0.39 is 20.0 Å². The molecule has 108 valence electrons. The van der Waals surface area contributed by atoms with Crippen LogP contribution in [0.2, 0.25) is 0 Å². The molecule has 0 saturated carbocycles. The van der Waals surface area contributed by atoms with Gasteiger partial charge in [0.15, 0.2) is 0 Å². The molecular weight excluding hydrogens is 290 g/mol. The fraction of sp³-hybridized carbons (Fsp3) is 0.400. The first-order valence-corrected chi connectivity index (χ1v) is 8.78. The minimum absolute atomic E-state index is 0.159. The van der Waals surface area contributed by atoms with Crippen LogP contribution in [0.15, 0.2) is 29.2 Å². The average Bonchev–Trinajstić information content (AvgIpc) is 2.28. The topological polar surface area (TPSA) is 118 Å². The first-order valence-electron chi connectivity index (χ1n) is 5.58. The summed E-state index contributed by atoms with van der Waals surface area (Å²) in [5.41, 5.74) is 0.624. The molecule has 0 amide bonds. The minimum atomic E-state index is -3.50. The molecule has 19 heavy (non-hydrogen) atoms. The van der Waals surface area contributed by atoms with Gasteiger partial charge in [-0.25, -0.2) is 26.7 Å². The summed E-state index contributed by atoms with van der Waals surface area (Å²) in [7, 11) is -6.97. The normalized spacial score (nSPS) is 12.3. The Morgan fingerprint density at radius 3 is 2.16 bits per heavy atom. The minimum Gasteiger partial charge on any atom is -0.384 e. The van der Waals surface area contributed by atoms with Gasteiger partial charge in [-0.15, -0.1) is 0 Å². The summed E-state index contributed by atoms with van der Waals surface area (Å²) in [5, 5.41) is 7.70. The van der Waals surface area contributed by atoms with Crippen molar-refractivity contribution < 1.29 is 16.8 Å². The highest BCUT2D eigenvalue weighted by Crippen LogP contribution is 2.13. The number of hydrogen-bond donors (Lipinski definition) is 3. The third-order valence-electron chi connectivity index (χ3n) is 2.21. The van der Waals surface area contributed by atoms with Gasteiger partial charge < -0.3 is 5.32 Å². The molecule has 1 aromatic rings. The summed E-state index contributed by atoms with van der Waals surface area (Å²) < 4.78 is 47.2. The zero-order chi connectivity index (χ0) is 14.5. The van der Waals surface area contributed by atoms with Crippen LogP contribution < -0.4 is 15.2 Å². The molecular formula is C10H17N3O4S2. The molecule has 0 atom stereocenters. The van der Waals surface area contributed by atoms with E-state index in [1.807, 2.05) is 0 Å². The highest BCUT2D eigenvalue weighted by molar-refractivity contribution is 7.89. The van der Waals surface area contributed by atoms with Crippen LogP contribution in [-0.4, -0.2) is 35.7 Å². The maximum absolute atomic E-state index is 11.7. The second kappa shape index (κ2) is 6.33. The lowest BCUT2D eigenvalue weighted by atomic mass is 10.3. The predicted octanol–water partition coefficient (Wildman–Crippen LogP) is -0.315. The summed E-state index contributed by atoms with van der Waals surface area (Å²) >= 11 is 0. The number of anilines is 1. The van der Waals surface area contributed by atoms with E-state index in [9.17, 15) is 16.8 Å². The Kier molecular flexibility index (Phi) is 5.29. The number of hydrogen-bond acceptors (Lipinski definition) is 5.